The predicted molar refractivity (Wildman–Crippen MR) is 110 cm³/mol. The van der Waals surface area contributed by atoms with Crippen LogP contribution in [0.3, 0.4) is 0 Å². The summed E-state index contributed by atoms with van der Waals surface area (Å²) in [6.45, 7) is 0.677. The highest BCUT2D eigenvalue weighted by Crippen LogP contribution is 2.26. The van der Waals surface area contributed by atoms with Crippen molar-refractivity contribution in [1.82, 2.24) is 4.31 Å². The first-order chi connectivity index (χ1) is 12.9. The lowest BCUT2D eigenvalue weighted by atomic mass is 9.97. The normalized spacial score (nSPS) is 16.2. The van der Waals surface area contributed by atoms with Crippen LogP contribution in [-0.4, -0.2) is 38.0 Å². The molecule has 0 spiro atoms. The molecule has 1 amide bonds. The largest absolute Gasteiger partial charge is 0.326 e. The highest BCUT2D eigenvalue weighted by Gasteiger charge is 2.32. The zero-order chi connectivity index (χ0) is 19.4. The van der Waals surface area contributed by atoms with Crippen LogP contribution in [0.4, 0.5) is 5.69 Å². The van der Waals surface area contributed by atoms with Gasteiger partial charge in [0, 0.05) is 34.6 Å². The van der Waals surface area contributed by atoms with Crippen molar-refractivity contribution < 1.29 is 13.2 Å². The molecule has 0 aromatic heterocycles. The molecule has 2 aromatic rings. The summed E-state index contributed by atoms with van der Waals surface area (Å²) < 4.78 is 27.1. The molecule has 1 aliphatic heterocycles. The van der Waals surface area contributed by atoms with E-state index in [0.29, 0.717) is 41.5 Å². The monoisotopic (exact) mass is 424 g/mol. The molecular formula is C19H21ClN2O3S2. The molecule has 2 aromatic carbocycles. The van der Waals surface area contributed by atoms with Gasteiger partial charge in [-0.1, -0.05) is 11.6 Å². The van der Waals surface area contributed by atoms with Gasteiger partial charge in [0.1, 0.15) is 0 Å². The van der Waals surface area contributed by atoms with E-state index in [1.54, 1.807) is 48.2 Å². The number of hydrogen-bond acceptors (Lipinski definition) is 4. The Labute approximate surface area is 169 Å². The van der Waals surface area contributed by atoms with Gasteiger partial charge < -0.3 is 5.32 Å². The third-order valence-electron chi connectivity index (χ3n) is 4.63. The summed E-state index contributed by atoms with van der Waals surface area (Å²) in [4.78, 5) is 13.8. The highest BCUT2D eigenvalue weighted by molar-refractivity contribution is 7.98. The lowest BCUT2D eigenvalue weighted by Gasteiger charge is -2.30. The van der Waals surface area contributed by atoms with Crippen molar-refractivity contribution in [2.75, 3.05) is 24.7 Å². The molecule has 1 N–H and O–H groups in total. The van der Waals surface area contributed by atoms with E-state index in [2.05, 4.69) is 5.32 Å². The number of anilines is 1. The van der Waals surface area contributed by atoms with E-state index in [0.717, 1.165) is 4.90 Å². The average molecular weight is 425 g/mol. The van der Waals surface area contributed by atoms with E-state index in [1.807, 2.05) is 18.4 Å². The molecule has 1 fully saturated rings. The van der Waals surface area contributed by atoms with Gasteiger partial charge >= 0.3 is 0 Å². The SMILES string of the molecule is CSc1ccc(S(=O)(=O)N2CCC(C(=O)Nc3ccc(Cl)cc3)CC2)cc1. The molecule has 1 saturated heterocycles. The van der Waals surface area contributed by atoms with Crippen LogP contribution in [0, 0.1) is 5.92 Å². The number of hydrogen-bond donors (Lipinski definition) is 1. The molecule has 8 heteroatoms. The minimum absolute atomic E-state index is 0.0845. The number of carbonyl (C=O) groups excluding carboxylic acids is 1. The number of nitrogens with one attached hydrogen (secondary N) is 1. The van der Waals surface area contributed by atoms with E-state index >= 15 is 0 Å². The van der Waals surface area contributed by atoms with Crippen LogP contribution in [0.2, 0.25) is 5.02 Å². The number of thioether (sulfide) groups is 1. The molecule has 0 radical (unpaired) electrons. The maximum Gasteiger partial charge on any atom is 0.243 e. The van der Waals surface area contributed by atoms with E-state index in [9.17, 15) is 13.2 Å². The first-order valence-corrected chi connectivity index (χ1v) is 11.6. The second-order valence-corrected chi connectivity index (χ2v) is 9.60. The third kappa shape index (κ3) is 4.85. The van der Waals surface area contributed by atoms with Crippen molar-refractivity contribution in [3.8, 4) is 0 Å². The van der Waals surface area contributed by atoms with Crippen LogP contribution in [-0.2, 0) is 14.8 Å². The summed E-state index contributed by atoms with van der Waals surface area (Å²) >= 11 is 7.42. The maximum atomic E-state index is 12.8. The fourth-order valence-corrected chi connectivity index (χ4v) is 5.04. The van der Waals surface area contributed by atoms with Crippen LogP contribution in [0.1, 0.15) is 12.8 Å². The topological polar surface area (TPSA) is 66.5 Å². The van der Waals surface area contributed by atoms with Gasteiger partial charge in [-0.3, -0.25) is 4.79 Å². The Bertz CT molecular complexity index is 892. The average Bonchev–Trinajstić information content (AvgIpc) is 2.70. The van der Waals surface area contributed by atoms with Crippen molar-refractivity contribution in [3.05, 3.63) is 53.6 Å². The Morgan fingerprint density at radius 3 is 2.22 bits per heavy atom. The zero-order valence-corrected chi connectivity index (χ0v) is 17.3. The van der Waals surface area contributed by atoms with Crippen LogP contribution in [0.5, 0.6) is 0 Å². The second kappa shape index (κ2) is 8.65. The van der Waals surface area contributed by atoms with Gasteiger partial charge in [-0.15, -0.1) is 11.8 Å². The summed E-state index contributed by atoms with van der Waals surface area (Å²) in [6, 6.07) is 13.8. The standard InChI is InChI=1S/C19H21ClN2O3S2/c1-26-17-6-8-18(9-7-17)27(24,25)22-12-10-14(11-13-22)19(23)21-16-4-2-15(20)3-5-16/h2-9,14H,10-13H2,1H3,(H,21,23). The molecule has 3 rings (SSSR count). The molecule has 0 saturated carbocycles. The maximum absolute atomic E-state index is 12.8. The molecule has 0 aliphatic carbocycles. The Kier molecular flexibility index (Phi) is 6.47. The Hall–Kier alpha value is -1.54. The molecule has 1 heterocycles. The minimum Gasteiger partial charge on any atom is -0.326 e. The van der Waals surface area contributed by atoms with E-state index in [1.165, 1.54) is 4.31 Å². The number of carbonyl (C=O) groups is 1. The number of sulfonamides is 1. The minimum atomic E-state index is -3.52. The van der Waals surface area contributed by atoms with Gasteiger partial charge in [-0.25, -0.2) is 8.42 Å². The van der Waals surface area contributed by atoms with Crippen LogP contribution >= 0.6 is 23.4 Å². The first-order valence-electron chi connectivity index (χ1n) is 8.61. The fourth-order valence-electron chi connectivity index (χ4n) is 3.03. The van der Waals surface area contributed by atoms with E-state index in [-0.39, 0.29) is 11.8 Å². The Morgan fingerprint density at radius 2 is 1.67 bits per heavy atom. The molecule has 0 atom stereocenters. The van der Waals surface area contributed by atoms with E-state index < -0.39 is 10.0 Å². The summed E-state index contributed by atoms with van der Waals surface area (Å²) in [5, 5.41) is 3.48. The van der Waals surface area contributed by atoms with Crippen LogP contribution in [0.15, 0.2) is 58.3 Å². The number of piperidine rings is 1. The molecule has 5 nitrogen and oxygen atoms in total. The number of rotatable bonds is 5. The molecular weight excluding hydrogens is 404 g/mol. The van der Waals surface area contributed by atoms with Crippen molar-refractivity contribution >= 4 is 45.0 Å². The van der Waals surface area contributed by atoms with Gasteiger partial charge in [0.2, 0.25) is 15.9 Å². The summed E-state index contributed by atoms with van der Waals surface area (Å²) in [6.07, 6.45) is 2.95. The van der Waals surface area contributed by atoms with E-state index in [4.69, 9.17) is 11.6 Å². The quantitative estimate of drug-likeness (QED) is 0.734. The number of benzene rings is 2. The van der Waals surface area contributed by atoms with Gasteiger partial charge in [0.05, 0.1) is 4.90 Å². The van der Waals surface area contributed by atoms with Crippen molar-refractivity contribution in [1.29, 1.82) is 0 Å². The third-order valence-corrected chi connectivity index (χ3v) is 7.54. The Morgan fingerprint density at radius 1 is 1.07 bits per heavy atom. The van der Waals surface area contributed by atoms with Gasteiger partial charge in [-0.05, 0) is 67.6 Å². The van der Waals surface area contributed by atoms with Crippen molar-refractivity contribution in [3.63, 3.8) is 0 Å². The number of halogens is 1. The summed E-state index contributed by atoms with van der Waals surface area (Å²) in [7, 11) is -3.52. The Balaban J connectivity index is 1.60. The molecule has 0 unspecified atom stereocenters. The van der Waals surface area contributed by atoms with Crippen molar-refractivity contribution in [2.45, 2.75) is 22.6 Å². The number of amides is 1. The van der Waals surface area contributed by atoms with Gasteiger partial charge in [0.25, 0.3) is 0 Å². The molecule has 0 bridgehead atoms. The fraction of sp³-hybridized carbons (Fsp3) is 0.316. The zero-order valence-electron chi connectivity index (χ0n) is 14.9. The molecule has 1 aliphatic rings. The predicted octanol–water partition coefficient (Wildman–Crippen LogP) is 4.10. The smallest absolute Gasteiger partial charge is 0.243 e. The van der Waals surface area contributed by atoms with Gasteiger partial charge in [-0.2, -0.15) is 4.31 Å². The molecule has 27 heavy (non-hydrogen) atoms. The lowest BCUT2D eigenvalue weighted by molar-refractivity contribution is -0.120. The molecule has 144 valence electrons. The van der Waals surface area contributed by atoms with Gasteiger partial charge in [0.15, 0.2) is 0 Å². The van der Waals surface area contributed by atoms with Crippen molar-refractivity contribution in [2.24, 2.45) is 5.92 Å². The first kappa shape index (κ1) is 20.2. The second-order valence-electron chi connectivity index (χ2n) is 6.35. The van der Waals surface area contributed by atoms with Crippen LogP contribution < -0.4 is 5.32 Å². The van der Waals surface area contributed by atoms with Crippen LogP contribution in [0.25, 0.3) is 0 Å². The lowest BCUT2D eigenvalue weighted by Crippen LogP contribution is -2.41. The summed E-state index contributed by atoms with van der Waals surface area (Å²) in [5.41, 5.74) is 0.688. The highest BCUT2D eigenvalue weighted by atomic mass is 35.5. The summed E-state index contributed by atoms with van der Waals surface area (Å²) in [5.74, 6) is -0.287. The number of nitrogens with zero attached hydrogens (tertiary/aromatic N) is 1.